The number of anilines is 2. The summed E-state index contributed by atoms with van der Waals surface area (Å²) in [5.74, 6) is -0.638. The Labute approximate surface area is 173 Å². The average Bonchev–Trinajstić information content (AvgIpc) is 3.34. The van der Waals surface area contributed by atoms with Crippen molar-refractivity contribution in [3.63, 3.8) is 0 Å². The number of esters is 1. The molecule has 2 aliphatic rings. The van der Waals surface area contributed by atoms with Crippen LogP contribution < -0.4 is 19.7 Å². The molecule has 1 N–H and O–H groups in total. The molecule has 0 saturated carbocycles. The summed E-state index contributed by atoms with van der Waals surface area (Å²) in [6, 6.07) is 12.5. The lowest BCUT2D eigenvalue weighted by Gasteiger charge is -2.18. The van der Waals surface area contributed by atoms with E-state index in [1.54, 1.807) is 23.1 Å². The minimum atomic E-state index is -1.01. The van der Waals surface area contributed by atoms with E-state index in [1.807, 2.05) is 31.2 Å². The van der Waals surface area contributed by atoms with Gasteiger partial charge in [0.2, 0.25) is 12.7 Å². The summed E-state index contributed by atoms with van der Waals surface area (Å²) in [6.07, 6.45) is -0.949. The van der Waals surface area contributed by atoms with Crippen molar-refractivity contribution in [1.29, 1.82) is 0 Å². The molecule has 4 rings (SSSR count). The van der Waals surface area contributed by atoms with Gasteiger partial charge in [-0.15, -0.1) is 0 Å². The van der Waals surface area contributed by atoms with Crippen LogP contribution in [0.2, 0.25) is 0 Å². The first-order valence-corrected chi connectivity index (χ1v) is 9.69. The number of ether oxygens (including phenoxy) is 3. The Morgan fingerprint density at radius 3 is 2.63 bits per heavy atom. The van der Waals surface area contributed by atoms with Crippen molar-refractivity contribution in [3.05, 3.63) is 48.0 Å². The number of hydrogen-bond donors (Lipinski definition) is 1. The van der Waals surface area contributed by atoms with Gasteiger partial charge in [0, 0.05) is 30.4 Å². The SMILES string of the molecule is Cc1ccc(N2C[C@@H](C(=O)O[C@@H](C)C(=O)Nc3ccc4c(c3)OCO4)CC2=O)cc1. The number of amides is 2. The first-order chi connectivity index (χ1) is 14.4. The lowest BCUT2D eigenvalue weighted by molar-refractivity contribution is -0.157. The highest BCUT2D eigenvalue weighted by Gasteiger charge is 2.37. The van der Waals surface area contributed by atoms with E-state index in [9.17, 15) is 14.4 Å². The number of carbonyl (C=O) groups is 3. The number of nitrogens with zero attached hydrogens (tertiary/aromatic N) is 1. The molecule has 2 amide bonds. The van der Waals surface area contributed by atoms with Crippen LogP contribution in [0.5, 0.6) is 11.5 Å². The Hall–Kier alpha value is -3.55. The molecule has 0 aliphatic carbocycles. The highest BCUT2D eigenvalue weighted by molar-refractivity contribution is 6.00. The zero-order chi connectivity index (χ0) is 21.3. The maximum absolute atomic E-state index is 12.5. The quantitative estimate of drug-likeness (QED) is 0.762. The molecule has 0 radical (unpaired) electrons. The molecule has 0 aromatic heterocycles. The molecule has 1 fully saturated rings. The maximum atomic E-state index is 12.5. The highest BCUT2D eigenvalue weighted by atomic mass is 16.7. The number of hydrogen-bond acceptors (Lipinski definition) is 6. The molecule has 2 atom stereocenters. The standard InChI is InChI=1S/C22H22N2O6/c1-13-3-6-17(7-4-13)24-11-15(9-20(24)25)22(27)30-14(2)21(26)23-16-5-8-18-19(10-16)29-12-28-18/h3-8,10,14-15H,9,11-12H2,1-2H3,(H,23,26)/t14-,15-/m0/s1. The predicted octanol–water partition coefficient (Wildman–Crippen LogP) is 2.65. The molecule has 0 spiro atoms. The van der Waals surface area contributed by atoms with Crippen LogP contribution in [0, 0.1) is 12.8 Å². The van der Waals surface area contributed by atoms with Crippen molar-refractivity contribution in [2.24, 2.45) is 5.92 Å². The third kappa shape index (κ3) is 4.07. The third-order valence-corrected chi connectivity index (χ3v) is 5.11. The Morgan fingerprint density at radius 1 is 1.13 bits per heavy atom. The second-order valence-corrected chi connectivity index (χ2v) is 7.38. The smallest absolute Gasteiger partial charge is 0.312 e. The maximum Gasteiger partial charge on any atom is 0.312 e. The number of fused-ring (bicyclic) bond motifs is 1. The summed E-state index contributed by atoms with van der Waals surface area (Å²) in [4.78, 5) is 38.8. The van der Waals surface area contributed by atoms with Crippen molar-refractivity contribution in [3.8, 4) is 11.5 Å². The summed E-state index contributed by atoms with van der Waals surface area (Å²) in [5.41, 5.74) is 2.34. The zero-order valence-electron chi connectivity index (χ0n) is 16.7. The summed E-state index contributed by atoms with van der Waals surface area (Å²) < 4.78 is 15.8. The van der Waals surface area contributed by atoms with Gasteiger partial charge < -0.3 is 24.4 Å². The van der Waals surface area contributed by atoms with Gasteiger partial charge in [0.15, 0.2) is 17.6 Å². The fourth-order valence-electron chi connectivity index (χ4n) is 3.38. The Bertz CT molecular complexity index is 988. The normalized spacial score (nSPS) is 18.3. The van der Waals surface area contributed by atoms with E-state index in [2.05, 4.69) is 5.32 Å². The largest absolute Gasteiger partial charge is 0.454 e. The van der Waals surface area contributed by atoms with E-state index < -0.39 is 23.9 Å². The molecule has 0 unspecified atom stereocenters. The molecule has 2 heterocycles. The summed E-state index contributed by atoms with van der Waals surface area (Å²) in [7, 11) is 0. The van der Waals surface area contributed by atoms with Crippen molar-refractivity contribution in [1.82, 2.24) is 0 Å². The number of benzene rings is 2. The fraction of sp³-hybridized carbons (Fsp3) is 0.318. The molecule has 8 heteroatoms. The topological polar surface area (TPSA) is 94.2 Å². The van der Waals surface area contributed by atoms with Crippen LogP contribution in [0.4, 0.5) is 11.4 Å². The van der Waals surface area contributed by atoms with E-state index in [0.717, 1.165) is 11.3 Å². The minimum absolute atomic E-state index is 0.0587. The van der Waals surface area contributed by atoms with Gasteiger partial charge in [-0.05, 0) is 38.1 Å². The predicted molar refractivity (Wildman–Crippen MR) is 108 cm³/mol. The molecule has 30 heavy (non-hydrogen) atoms. The van der Waals surface area contributed by atoms with Gasteiger partial charge in [-0.1, -0.05) is 17.7 Å². The molecule has 156 valence electrons. The van der Waals surface area contributed by atoms with E-state index in [1.165, 1.54) is 6.92 Å². The second-order valence-electron chi connectivity index (χ2n) is 7.38. The van der Waals surface area contributed by atoms with Crippen molar-refractivity contribution < 1.29 is 28.6 Å². The number of aryl methyl sites for hydroxylation is 1. The molecule has 2 aromatic carbocycles. The van der Waals surface area contributed by atoms with Gasteiger partial charge >= 0.3 is 5.97 Å². The summed E-state index contributed by atoms with van der Waals surface area (Å²) >= 11 is 0. The van der Waals surface area contributed by atoms with Crippen molar-refractivity contribution in [2.45, 2.75) is 26.4 Å². The molecular formula is C22H22N2O6. The third-order valence-electron chi connectivity index (χ3n) is 5.11. The summed E-state index contributed by atoms with van der Waals surface area (Å²) in [6.45, 7) is 3.83. The van der Waals surface area contributed by atoms with Crippen LogP contribution in [-0.4, -0.2) is 37.2 Å². The average molecular weight is 410 g/mol. The number of carbonyl (C=O) groups excluding carboxylic acids is 3. The fourth-order valence-corrected chi connectivity index (χ4v) is 3.38. The van der Waals surface area contributed by atoms with Crippen LogP contribution in [0.3, 0.4) is 0 Å². The van der Waals surface area contributed by atoms with E-state index in [0.29, 0.717) is 17.2 Å². The first kappa shape index (κ1) is 19.8. The Kier molecular flexibility index (Phi) is 5.31. The van der Waals surface area contributed by atoms with Gasteiger partial charge in [0.05, 0.1) is 5.92 Å². The van der Waals surface area contributed by atoms with Gasteiger partial charge in [-0.25, -0.2) is 0 Å². The van der Waals surface area contributed by atoms with Crippen LogP contribution >= 0.6 is 0 Å². The lowest BCUT2D eigenvalue weighted by Crippen LogP contribution is -2.33. The molecule has 2 aliphatic heterocycles. The zero-order valence-corrected chi connectivity index (χ0v) is 16.7. The lowest BCUT2D eigenvalue weighted by atomic mass is 10.1. The monoisotopic (exact) mass is 410 g/mol. The molecule has 2 aromatic rings. The van der Waals surface area contributed by atoms with Crippen LogP contribution in [0.15, 0.2) is 42.5 Å². The molecule has 1 saturated heterocycles. The van der Waals surface area contributed by atoms with Crippen molar-refractivity contribution in [2.75, 3.05) is 23.6 Å². The Balaban J connectivity index is 1.33. The van der Waals surface area contributed by atoms with Gasteiger partial charge in [-0.3, -0.25) is 14.4 Å². The van der Waals surface area contributed by atoms with E-state index >= 15 is 0 Å². The Morgan fingerprint density at radius 2 is 1.87 bits per heavy atom. The first-order valence-electron chi connectivity index (χ1n) is 9.69. The van der Waals surface area contributed by atoms with Gasteiger partial charge in [0.1, 0.15) is 0 Å². The number of rotatable bonds is 5. The van der Waals surface area contributed by atoms with Crippen molar-refractivity contribution >= 4 is 29.2 Å². The van der Waals surface area contributed by atoms with Gasteiger partial charge in [0.25, 0.3) is 5.91 Å². The van der Waals surface area contributed by atoms with E-state index in [4.69, 9.17) is 14.2 Å². The van der Waals surface area contributed by atoms with E-state index in [-0.39, 0.29) is 25.7 Å². The second kappa shape index (κ2) is 8.06. The molecule has 0 bridgehead atoms. The van der Waals surface area contributed by atoms with Gasteiger partial charge in [-0.2, -0.15) is 0 Å². The molecular weight excluding hydrogens is 388 g/mol. The summed E-state index contributed by atoms with van der Waals surface area (Å²) in [5, 5.41) is 2.69. The van der Waals surface area contributed by atoms with Crippen LogP contribution in [0.25, 0.3) is 0 Å². The molecule has 8 nitrogen and oxygen atoms in total. The highest BCUT2D eigenvalue weighted by Crippen LogP contribution is 2.34. The minimum Gasteiger partial charge on any atom is -0.454 e. The number of nitrogens with one attached hydrogen (secondary N) is 1. The van der Waals surface area contributed by atoms with Crippen LogP contribution in [-0.2, 0) is 19.1 Å². The van der Waals surface area contributed by atoms with Crippen LogP contribution in [0.1, 0.15) is 18.9 Å².